The van der Waals surface area contributed by atoms with Gasteiger partial charge in [-0.2, -0.15) is 4.31 Å². The second kappa shape index (κ2) is 9.02. The highest BCUT2D eigenvalue weighted by Crippen LogP contribution is 2.14. The van der Waals surface area contributed by atoms with E-state index in [0.29, 0.717) is 13.1 Å². The average Bonchev–Trinajstić information content (AvgIpc) is 2.54. The Hall–Kier alpha value is -0.620. The number of hydrogen-bond acceptors (Lipinski definition) is 3. The molecule has 1 aliphatic heterocycles. The van der Waals surface area contributed by atoms with Crippen LogP contribution in [0.5, 0.6) is 0 Å². The number of benzene rings is 1. The smallest absolute Gasteiger partial charge is 0.214 e. The second-order valence-electron chi connectivity index (χ2n) is 6.14. The van der Waals surface area contributed by atoms with Crippen molar-refractivity contribution >= 4 is 21.6 Å². The minimum absolute atomic E-state index is 0.290. The van der Waals surface area contributed by atoms with Gasteiger partial charge in [0, 0.05) is 31.2 Å². The Kier molecular flexibility index (Phi) is 7.34. The van der Waals surface area contributed by atoms with E-state index in [1.165, 1.54) is 5.56 Å². The first-order valence-electron chi connectivity index (χ1n) is 8.46. The number of hydrogen-bond donors (Lipinski definition) is 0. The first kappa shape index (κ1) is 18.7. The number of aryl methyl sites for hydroxylation is 1. The van der Waals surface area contributed by atoms with Crippen molar-refractivity contribution in [3.63, 3.8) is 0 Å². The van der Waals surface area contributed by atoms with Gasteiger partial charge in [-0.1, -0.05) is 37.1 Å². The van der Waals surface area contributed by atoms with Crippen LogP contribution >= 0.6 is 11.6 Å². The highest BCUT2D eigenvalue weighted by atomic mass is 35.5. The van der Waals surface area contributed by atoms with Crippen LogP contribution in [0.2, 0.25) is 5.02 Å². The molecule has 1 heterocycles. The molecule has 0 radical (unpaired) electrons. The highest BCUT2D eigenvalue weighted by molar-refractivity contribution is 7.89. The van der Waals surface area contributed by atoms with Gasteiger partial charge in [0.15, 0.2) is 0 Å². The summed E-state index contributed by atoms with van der Waals surface area (Å²) < 4.78 is 26.0. The van der Waals surface area contributed by atoms with Crippen molar-refractivity contribution in [3.8, 4) is 0 Å². The lowest BCUT2D eigenvalue weighted by molar-refractivity contribution is 0.187. The molecule has 1 aromatic rings. The van der Waals surface area contributed by atoms with Gasteiger partial charge in [-0.25, -0.2) is 8.42 Å². The monoisotopic (exact) mass is 358 g/mol. The first-order valence-corrected chi connectivity index (χ1v) is 10.4. The van der Waals surface area contributed by atoms with Gasteiger partial charge in [0.05, 0.1) is 5.75 Å². The van der Waals surface area contributed by atoms with Crippen LogP contribution in [-0.2, 0) is 16.4 Å². The van der Waals surface area contributed by atoms with Crippen molar-refractivity contribution in [2.75, 3.05) is 38.5 Å². The molecule has 1 aliphatic rings. The lowest BCUT2D eigenvalue weighted by atomic mass is 10.1. The van der Waals surface area contributed by atoms with Crippen LogP contribution < -0.4 is 0 Å². The van der Waals surface area contributed by atoms with E-state index in [1.807, 2.05) is 25.1 Å². The molecule has 0 aliphatic carbocycles. The fourth-order valence-electron chi connectivity index (χ4n) is 2.89. The molecule has 0 aromatic heterocycles. The van der Waals surface area contributed by atoms with Gasteiger partial charge >= 0.3 is 0 Å². The van der Waals surface area contributed by atoms with Gasteiger partial charge in [0.25, 0.3) is 0 Å². The molecule has 1 aromatic carbocycles. The van der Waals surface area contributed by atoms with Gasteiger partial charge in [-0.3, -0.25) is 0 Å². The van der Waals surface area contributed by atoms with Crippen molar-refractivity contribution in [2.45, 2.75) is 32.6 Å². The standard InChI is InChI=1S/C17H27ClN2O2S/c1-2-3-14-23(21,22)20-12-10-19(11-13-20)9-5-7-16-6-4-8-17(18)15-16/h4,6,8,15H,2-3,5,7,9-14H2,1H3. The van der Waals surface area contributed by atoms with E-state index in [-0.39, 0.29) is 5.75 Å². The number of rotatable bonds is 8. The Labute approximate surface area is 145 Å². The molecule has 0 bridgehead atoms. The van der Waals surface area contributed by atoms with Crippen molar-refractivity contribution in [1.29, 1.82) is 0 Å². The van der Waals surface area contributed by atoms with Gasteiger partial charge in [-0.15, -0.1) is 0 Å². The molecular formula is C17H27ClN2O2S. The summed E-state index contributed by atoms with van der Waals surface area (Å²) in [7, 11) is -3.05. The average molecular weight is 359 g/mol. The normalized spacial score (nSPS) is 17.5. The summed E-state index contributed by atoms with van der Waals surface area (Å²) >= 11 is 5.99. The fraction of sp³-hybridized carbons (Fsp3) is 0.647. The van der Waals surface area contributed by atoms with Crippen LogP contribution in [0.15, 0.2) is 24.3 Å². The Morgan fingerprint density at radius 2 is 1.87 bits per heavy atom. The summed E-state index contributed by atoms with van der Waals surface area (Å²) in [6, 6.07) is 7.99. The SMILES string of the molecule is CCCCS(=O)(=O)N1CCN(CCCc2cccc(Cl)c2)CC1. The zero-order chi connectivity index (χ0) is 16.7. The van der Waals surface area contributed by atoms with Crippen molar-refractivity contribution in [2.24, 2.45) is 0 Å². The van der Waals surface area contributed by atoms with Crippen molar-refractivity contribution < 1.29 is 8.42 Å². The predicted molar refractivity (Wildman–Crippen MR) is 96.5 cm³/mol. The van der Waals surface area contributed by atoms with E-state index in [0.717, 1.165) is 50.3 Å². The van der Waals surface area contributed by atoms with Crippen LogP contribution in [0.3, 0.4) is 0 Å². The lowest BCUT2D eigenvalue weighted by Gasteiger charge is -2.34. The second-order valence-corrected chi connectivity index (χ2v) is 8.67. The van der Waals surface area contributed by atoms with Crippen LogP contribution in [0.25, 0.3) is 0 Å². The molecule has 0 amide bonds. The maximum absolute atomic E-state index is 12.2. The number of unbranched alkanes of at least 4 members (excludes halogenated alkanes) is 1. The van der Waals surface area contributed by atoms with E-state index in [9.17, 15) is 8.42 Å². The third-order valence-corrected chi connectivity index (χ3v) is 6.50. The van der Waals surface area contributed by atoms with Gasteiger partial charge in [0.1, 0.15) is 0 Å². The van der Waals surface area contributed by atoms with E-state index in [1.54, 1.807) is 4.31 Å². The van der Waals surface area contributed by atoms with Gasteiger partial charge in [0.2, 0.25) is 10.0 Å². The van der Waals surface area contributed by atoms with Crippen LogP contribution in [-0.4, -0.2) is 56.1 Å². The van der Waals surface area contributed by atoms with E-state index in [4.69, 9.17) is 11.6 Å². The van der Waals surface area contributed by atoms with E-state index >= 15 is 0 Å². The van der Waals surface area contributed by atoms with Gasteiger partial charge < -0.3 is 4.90 Å². The Balaban J connectivity index is 1.70. The number of piperazine rings is 1. The Morgan fingerprint density at radius 1 is 1.13 bits per heavy atom. The largest absolute Gasteiger partial charge is 0.301 e. The summed E-state index contributed by atoms with van der Waals surface area (Å²) in [5, 5.41) is 0.786. The third-order valence-electron chi connectivity index (χ3n) is 4.31. The summed E-state index contributed by atoms with van der Waals surface area (Å²) in [5.41, 5.74) is 1.26. The summed E-state index contributed by atoms with van der Waals surface area (Å²) in [6.45, 7) is 5.96. The molecule has 0 unspecified atom stereocenters. The highest BCUT2D eigenvalue weighted by Gasteiger charge is 2.25. The molecule has 2 rings (SSSR count). The summed E-state index contributed by atoms with van der Waals surface area (Å²) in [4.78, 5) is 2.36. The topological polar surface area (TPSA) is 40.6 Å². The molecule has 0 N–H and O–H groups in total. The Bertz CT molecular complexity index is 584. The zero-order valence-corrected chi connectivity index (χ0v) is 15.5. The number of nitrogens with zero attached hydrogens (tertiary/aromatic N) is 2. The minimum Gasteiger partial charge on any atom is -0.301 e. The summed E-state index contributed by atoms with van der Waals surface area (Å²) in [5.74, 6) is 0.290. The minimum atomic E-state index is -3.05. The molecule has 23 heavy (non-hydrogen) atoms. The van der Waals surface area contributed by atoms with Crippen molar-refractivity contribution in [3.05, 3.63) is 34.9 Å². The molecule has 6 heteroatoms. The number of halogens is 1. The Morgan fingerprint density at radius 3 is 2.52 bits per heavy atom. The predicted octanol–water partition coefficient (Wildman–Crippen LogP) is 3.02. The first-order chi connectivity index (χ1) is 11.0. The van der Waals surface area contributed by atoms with Crippen molar-refractivity contribution in [1.82, 2.24) is 9.21 Å². The maximum atomic E-state index is 12.2. The number of sulfonamides is 1. The molecular weight excluding hydrogens is 332 g/mol. The molecule has 0 atom stereocenters. The van der Waals surface area contributed by atoms with E-state index < -0.39 is 10.0 Å². The molecule has 130 valence electrons. The lowest BCUT2D eigenvalue weighted by Crippen LogP contribution is -2.49. The maximum Gasteiger partial charge on any atom is 0.214 e. The van der Waals surface area contributed by atoms with Crippen LogP contribution in [0.1, 0.15) is 31.7 Å². The van der Waals surface area contributed by atoms with Gasteiger partial charge in [-0.05, 0) is 43.5 Å². The third kappa shape index (κ3) is 6.07. The van der Waals surface area contributed by atoms with Crippen LogP contribution in [0.4, 0.5) is 0 Å². The molecule has 0 spiro atoms. The van der Waals surface area contributed by atoms with Crippen LogP contribution in [0, 0.1) is 0 Å². The zero-order valence-electron chi connectivity index (χ0n) is 13.9. The molecule has 1 saturated heterocycles. The molecule has 0 saturated carbocycles. The summed E-state index contributed by atoms with van der Waals surface area (Å²) in [6.07, 6.45) is 3.75. The quantitative estimate of drug-likeness (QED) is 0.717. The fourth-order valence-corrected chi connectivity index (χ4v) is 4.73. The molecule has 1 fully saturated rings. The molecule has 4 nitrogen and oxygen atoms in total. The van der Waals surface area contributed by atoms with E-state index in [2.05, 4.69) is 11.0 Å².